The highest BCUT2D eigenvalue weighted by molar-refractivity contribution is 5.87. The third kappa shape index (κ3) is 2.79. The first-order chi connectivity index (χ1) is 13.1. The van der Waals surface area contributed by atoms with Gasteiger partial charge in [-0.1, -0.05) is 20.8 Å². The summed E-state index contributed by atoms with van der Waals surface area (Å²) in [6.07, 6.45) is 7.55. The number of esters is 1. The molecule has 0 radical (unpaired) electrons. The number of hydrogen-bond acceptors (Lipinski definition) is 5. The molecule has 3 unspecified atom stereocenters. The van der Waals surface area contributed by atoms with Crippen molar-refractivity contribution in [3.8, 4) is 0 Å². The summed E-state index contributed by atoms with van der Waals surface area (Å²) in [6, 6.07) is 0. The van der Waals surface area contributed by atoms with E-state index in [2.05, 4.69) is 13.8 Å². The molecule has 4 saturated carbocycles. The number of rotatable bonds is 3. The first-order valence-electron chi connectivity index (χ1n) is 11.3. The molecule has 5 nitrogen and oxygen atoms in total. The summed E-state index contributed by atoms with van der Waals surface area (Å²) in [6.45, 7) is 6.54. The van der Waals surface area contributed by atoms with Crippen molar-refractivity contribution in [1.82, 2.24) is 0 Å². The molecule has 0 bridgehead atoms. The van der Waals surface area contributed by atoms with Gasteiger partial charge in [-0.15, -0.1) is 0 Å². The molecule has 0 saturated heterocycles. The zero-order valence-corrected chi connectivity index (χ0v) is 17.7. The maximum Gasteiger partial charge on any atom is 0.310 e. The molecule has 4 aliphatic rings. The predicted molar refractivity (Wildman–Crippen MR) is 106 cm³/mol. The van der Waals surface area contributed by atoms with Gasteiger partial charge in [0.05, 0.1) is 11.5 Å². The number of Topliss-reactive ketones (excluding diaryl/α,β-unsaturated/α-hetero) is 1. The Balaban J connectivity index is 1.52. The Kier molecular flexibility index (Phi) is 4.94. The summed E-state index contributed by atoms with van der Waals surface area (Å²) in [7, 11) is 0. The third-order valence-electron chi connectivity index (χ3n) is 9.51. The van der Waals surface area contributed by atoms with Gasteiger partial charge in [-0.3, -0.25) is 9.59 Å². The molecular weight excluding hydrogens is 354 g/mol. The van der Waals surface area contributed by atoms with Gasteiger partial charge in [0.2, 0.25) is 0 Å². The lowest BCUT2D eigenvalue weighted by Crippen LogP contribution is -2.63. The molecule has 0 aromatic rings. The van der Waals surface area contributed by atoms with Crippen LogP contribution in [0.25, 0.3) is 0 Å². The molecule has 0 heterocycles. The minimum absolute atomic E-state index is 0.127. The van der Waals surface area contributed by atoms with Crippen LogP contribution in [-0.4, -0.2) is 35.1 Å². The first kappa shape index (κ1) is 20.3. The zero-order chi connectivity index (χ0) is 20.3. The Hall–Kier alpha value is -0.940. The van der Waals surface area contributed by atoms with Crippen molar-refractivity contribution in [2.24, 2.45) is 40.2 Å². The van der Waals surface area contributed by atoms with E-state index in [1.54, 1.807) is 6.92 Å². The highest BCUT2D eigenvalue weighted by Gasteiger charge is 2.64. The molecule has 4 fully saturated rings. The van der Waals surface area contributed by atoms with Crippen molar-refractivity contribution in [3.05, 3.63) is 0 Å². The van der Waals surface area contributed by atoms with E-state index in [9.17, 15) is 14.7 Å². The quantitative estimate of drug-likeness (QED) is 0.721. The fourth-order valence-electron chi connectivity index (χ4n) is 7.46. The molecule has 158 valence electrons. The standard InChI is InChI=1S/C23H37NO4/c1-14(13-24)20(26)28-15-6-10-22(3)18-8-9-21(2)17(4-5-19(21)25)16(18)7-11-23(22,27)12-15/h14-18,27H,4-13,24H2,1-3H3/t14?,15?,16-,17-,18+,21-,22+,23?/m0/s1. The fourth-order valence-corrected chi connectivity index (χ4v) is 7.46. The number of fused-ring (bicyclic) bond motifs is 5. The van der Waals surface area contributed by atoms with Gasteiger partial charge in [-0.05, 0) is 68.1 Å². The highest BCUT2D eigenvalue weighted by atomic mass is 16.5. The Morgan fingerprint density at radius 2 is 1.93 bits per heavy atom. The molecule has 4 rings (SSSR count). The van der Waals surface area contributed by atoms with Gasteiger partial charge < -0.3 is 15.6 Å². The van der Waals surface area contributed by atoms with Gasteiger partial charge >= 0.3 is 5.97 Å². The first-order valence-corrected chi connectivity index (χ1v) is 11.3. The van der Waals surface area contributed by atoms with Crippen molar-refractivity contribution < 1.29 is 19.4 Å². The van der Waals surface area contributed by atoms with E-state index < -0.39 is 5.60 Å². The molecule has 4 aliphatic carbocycles. The monoisotopic (exact) mass is 391 g/mol. The number of ether oxygens (including phenoxy) is 1. The molecule has 28 heavy (non-hydrogen) atoms. The van der Waals surface area contributed by atoms with Crippen molar-refractivity contribution in [2.75, 3.05) is 6.54 Å². The van der Waals surface area contributed by atoms with Crippen molar-refractivity contribution in [2.45, 2.75) is 90.3 Å². The molecule has 8 atom stereocenters. The number of aliphatic hydroxyl groups is 1. The topological polar surface area (TPSA) is 89.6 Å². The van der Waals surface area contributed by atoms with Crippen LogP contribution < -0.4 is 5.73 Å². The zero-order valence-electron chi connectivity index (χ0n) is 17.7. The van der Waals surface area contributed by atoms with Crippen LogP contribution >= 0.6 is 0 Å². The van der Waals surface area contributed by atoms with E-state index >= 15 is 0 Å². The van der Waals surface area contributed by atoms with Crippen LogP contribution in [0.2, 0.25) is 0 Å². The van der Waals surface area contributed by atoms with Gasteiger partial charge in [0, 0.05) is 24.8 Å². The van der Waals surface area contributed by atoms with Gasteiger partial charge in [-0.2, -0.15) is 0 Å². The average molecular weight is 392 g/mol. The summed E-state index contributed by atoms with van der Waals surface area (Å²) >= 11 is 0. The lowest BCUT2D eigenvalue weighted by atomic mass is 9.43. The lowest BCUT2D eigenvalue weighted by Gasteiger charge is -2.63. The van der Waals surface area contributed by atoms with Crippen LogP contribution in [0.1, 0.15) is 78.6 Å². The summed E-state index contributed by atoms with van der Waals surface area (Å²) in [4.78, 5) is 24.7. The molecule has 5 heteroatoms. The van der Waals surface area contributed by atoms with Crippen molar-refractivity contribution >= 4 is 11.8 Å². The summed E-state index contributed by atoms with van der Waals surface area (Å²) in [5.74, 6) is 1.43. The lowest BCUT2D eigenvalue weighted by molar-refractivity contribution is -0.222. The van der Waals surface area contributed by atoms with E-state index in [0.29, 0.717) is 30.0 Å². The van der Waals surface area contributed by atoms with E-state index in [1.165, 1.54) is 0 Å². The van der Waals surface area contributed by atoms with Crippen molar-refractivity contribution in [3.63, 3.8) is 0 Å². The summed E-state index contributed by atoms with van der Waals surface area (Å²) in [5.41, 5.74) is 4.54. The largest absolute Gasteiger partial charge is 0.462 e. The Morgan fingerprint density at radius 3 is 2.64 bits per heavy atom. The van der Waals surface area contributed by atoms with Crippen molar-refractivity contribution in [1.29, 1.82) is 0 Å². The number of ketones is 1. The van der Waals surface area contributed by atoms with Crippen LogP contribution in [0.5, 0.6) is 0 Å². The Morgan fingerprint density at radius 1 is 1.18 bits per heavy atom. The predicted octanol–water partition coefficient (Wildman–Crippen LogP) is 3.22. The molecule has 0 aromatic heterocycles. The van der Waals surface area contributed by atoms with Crippen LogP contribution in [0.3, 0.4) is 0 Å². The molecule has 3 N–H and O–H groups in total. The normalized spacial score (nSPS) is 49.0. The minimum Gasteiger partial charge on any atom is -0.462 e. The number of carbonyl (C=O) groups is 2. The van der Waals surface area contributed by atoms with Gasteiger partial charge in [-0.25, -0.2) is 0 Å². The summed E-state index contributed by atoms with van der Waals surface area (Å²) in [5, 5.41) is 11.7. The molecule has 0 aromatic carbocycles. The Labute approximate surface area is 168 Å². The van der Waals surface area contributed by atoms with Crippen LogP contribution in [-0.2, 0) is 14.3 Å². The number of hydrogen-bond donors (Lipinski definition) is 2. The molecule has 0 aliphatic heterocycles. The second-order valence-electron chi connectivity index (χ2n) is 10.7. The van der Waals surface area contributed by atoms with Crippen LogP contribution in [0.15, 0.2) is 0 Å². The SMILES string of the molecule is CC(CN)C(=O)OC1CC[C@]2(C)[C@@H]3CC[C@]4(C)C(=O)CC[C@H]4[C@@H]3CCC2(O)C1. The highest BCUT2D eigenvalue weighted by Crippen LogP contribution is 2.66. The smallest absolute Gasteiger partial charge is 0.310 e. The minimum atomic E-state index is -0.778. The van der Waals surface area contributed by atoms with E-state index in [1.807, 2.05) is 0 Å². The van der Waals surface area contributed by atoms with E-state index in [4.69, 9.17) is 10.5 Å². The van der Waals surface area contributed by atoms with E-state index in [-0.39, 0.29) is 35.4 Å². The van der Waals surface area contributed by atoms with Crippen LogP contribution in [0, 0.1) is 34.5 Å². The second kappa shape index (κ2) is 6.80. The van der Waals surface area contributed by atoms with Crippen LogP contribution in [0.4, 0.5) is 0 Å². The Bertz CT molecular complexity index is 665. The molecule has 0 spiro atoms. The fraction of sp³-hybridized carbons (Fsp3) is 0.913. The van der Waals surface area contributed by atoms with Gasteiger partial charge in [0.15, 0.2) is 0 Å². The average Bonchev–Trinajstić information content (AvgIpc) is 2.97. The maximum atomic E-state index is 12.5. The maximum absolute atomic E-state index is 12.5. The molecular formula is C23H37NO4. The van der Waals surface area contributed by atoms with Gasteiger partial charge in [0.25, 0.3) is 0 Å². The molecule has 0 amide bonds. The van der Waals surface area contributed by atoms with E-state index in [0.717, 1.165) is 51.4 Å². The number of carbonyl (C=O) groups excluding carboxylic acids is 2. The summed E-state index contributed by atoms with van der Waals surface area (Å²) < 4.78 is 5.72. The van der Waals surface area contributed by atoms with Gasteiger partial charge in [0.1, 0.15) is 11.9 Å². The third-order valence-corrected chi connectivity index (χ3v) is 9.51. The second-order valence-corrected chi connectivity index (χ2v) is 10.7. The number of nitrogens with two attached hydrogens (primary N) is 1.